The van der Waals surface area contributed by atoms with Crippen LogP contribution in [0.4, 0.5) is 4.39 Å². The number of hydrogen-bond acceptors (Lipinski definition) is 4. The van der Waals surface area contributed by atoms with Crippen LogP contribution in [0.2, 0.25) is 0 Å². The first kappa shape index (κ1) is 14.2. The molecule has 1 atom stereocenters. The molecule has 0 aliphatic heterocycles. The minimum atomic E-state index is -0.250. The van der Waals surface area contributed by atoms with Gasteiger partial charge in [0.1, 0.15) is 5.82 Å². The van der Waals surface area contributed by atoms with Crippen LogP contribution in [0.3, 0.4) is 0 Å². The highest BCUT2D eigenvalue weighted by molar-refractivity contribution is 5.19. The van der Waals surface area contributed by atoms with E-state index in [2.05, 4.69) is 10.1 Å². The second-order valence-corrected chi connectivity index (χ2v) is 5.82. The van der Waals surface area contributed by atoms with Gasteiger partial charge in [-0.2, -0.15) is 4.98 Å². The van der Waals surface area contributed by atoms with E-state index in [0.29, 0.717) is 30.5 Å². The van der Waals surface area contributed by atoms with Crippen molar-refractivity contribution in [2.24, 2.45) is 11.7 Å². The van der Waals surface area contributed by atoms with Gasteiger partial charge in [-0.15, -0.1) is 0 Å². The van der Waals surface area contributed by atoms with Gasteiger partial charge >= 0.3 is 0 Å². The molecule has 1 heterocycles. The van der Waals surface area contributed by atoms with Crippen LogP contribution in [0.1, 0.15) is 43.0 Å². The molecule has 3 rings (SSSR count). The summed E-state index contributed by atoms with van der Waals surface area (Å²) >= 11 is 0. The normalized spacial score (nSPS) is 17.2. The summed E-state index contributed by atoms with van der Waals surface area (Å²) in [5, 5.41) is 3.96. The lowest BCUT2D eigenvalue weighted by molar-refractivity contribution is 0.339. The molecule has 0 radical (unpaired) electrons. The molecule has 1 fully saturated rings. The highest BCUT2D eigenvalue weighted by atomic mass is 19.1. The van der Waals surface area contributed by atoms with E-state index >= 15 is 0 Å². The van der Waals surface area contributed by atoms with Crippen LogP contribution in [-0.4, -0.2) is 16.2 Å². The van der Waals surface area contributed by atoms with Crippen molar-refractivity contribution in [2.45, 2.75) is 44.6 Å². The van der Waals surface area contributed by atoms with Crippen LogP contribution in [-0.2, 0) is 12.8 Å². The van der Waals surface area contributed by atoms with Crippen molar-refractivity contribution in [3.05, 3.63) is 47.4 Å². The minimum Gasteiger partial charge on any atom is -0.339 e. The monoisotopic (exact) mass is 289 g/mol. The molecular weight excluding hydrogens is 269 g/mol. The summed E-state index contributed by atoms with van der Waals surface area (Å²) in [6.45, 7) is 0. The summed E-state index contributed by atoms with van der Waals surface area (Å²) in [5.41, 5.74) is 7.05. The third-order valence-electron chi connectivity index (χ3n) is 4.18. The fraction of sp³-hybridized carbons (Fsp3) is 0.500. The maximum Gasteiger partial charge on any atom is 0.228 e. The molecule has 2 aromatic rings. The van der Waals surface area contributed by atoms with Crippen LogP contribution in [0.25, 0.3) is 0 Å². The number of hydrogen-bond donors (Lipinski definition) is 1. The number of rotatable bonds is 5. The van der Waals surface area contributed by atoms with Gasteiger partial charge in [0.25, 0.3) is 0 Å². The summed E-state index contributed by atoms with van der Waals surface area (Å²) in [5.74, 6) is 1.48. The first-order valence-corrected chi connectivity index (χ1v) is 7.52. The first-order chi connectivity index (χ1) is 10.2. The average Bonchev–Trinajstić information content (AvgIpc) is 3.10. The van der Waals surface area contributed by atoms with Crippen molar-refractivity contribution in [1.82, 2.24) is 10.1 Å². The fourth-order valence-electron chi connectivity index (χ4n) is 3.03. The molecule has 0 amide bonds. The third kappa shape index (κ3) is 3.67. The average molecular weight is 289 g/mol. The highest BCUT2D eigenvalue weighted by Crippen LogP contribution is 2.28. The van der Waals surface area contributed by atoms with Gasteiger partial charge in [0.05, 0.1) is 0 Å². The largest absolute Gasteiger partial charge is 0.339 e. The SMILES string of the molecule is NC(Cc1nc(Cc2cccc(F)c2)no1)C1CCCC1. The van der Waals surface area contributed by atoms with Crippen LogP contribution in [0.15, 0.2) is 28.8 Å². The summed E-state index contributed by atoms with van der Waals surface area (Å²) in [7, 11) is 0. The topological polar surface area (TPSA) is 64.9 Å². The van der Waals surface area contributed by atoms with Crippen molar-refractivity contribution < 1.29 is 8.91 Å². The zero-order valence-corrected chi connectivity index (χ0v) is 12.0. The number of halogens is 1. The van der Waals surface area contributed by atoms with Crippen LogP contribution < -0.4 is 5.73 Å². The van der Waals surface area contributed by atoms with Crippen molar-refractivity contribution in [3.63, 3.8) is 0 Å². The Hall–Kier alpha value is -1.75. The van der Waals surface area contributed by atoms with Crippen molar-refractivity contribution >= 4 is 0 Å². The number of nitrogens with two attached hydrogens (primary N) is 1. The Bertz CT molecular complexity index is 593. The van der Waals surface area contributed by atoms with Crippen molar-refractivity contribution in [2.75, 3.05) is 0 Å². The zero-order chi connectivity index (χ0) is 14.7. The quantitative estimate of drug-likeness (QED) is 0.919. The molecular formula is C16H20FN3O. The second-order valence-electron chi connectivity index (χ2n) is 5.82. The summed E-state index contributed by atoms with van der Waals surface area (Å²) in [6.07, 6.45) is 6.04. The maximum absolute atomic E-state index is 13.1. The lowest BCUT2D eigenvalue weighted by Crippen LogP contribution is -2.30. The molecule has 1 aromatic heterocycles. The van der Waals surface area contributed by atoms with Gasteiger partial charge < -0.3 is 10.3 Å². The Kier molecular flexibility index (Phi) is 4.29. The Morgan fingerprint density at radius 1 is 1.33 bits per heavy atom. The van der Waals surface area contributed by atoms with Crippen molar-refractivity contribution in [1.29, 1.82) is 0 Å². The molecule has 5 heteroatoms. The van der Waals surface area contributed by atoms with E-state index in [4.69, 9.17) is 10.3 Å². The van der Waals surface area contributed by atoms with Gasteiger partial charge in [0.2, 0.25) is 5.89 Å². The van der Waals surface area contributed by atoms with E-state index in [1.165, 1.54) is 37.8 Å². The van der Waals surface area contributed by atoms with Crippen molar-refractivity contribution in [3.8, 4) is 0 Å². The van der Waals surface area contributed by atoms with E-state index in [0.717, 1.165) is 5.56 Å². The standard InChI is InChI=1S/C16H20FN3O/c17-13-7-3-4-11(8-13)9-15-19-16(21-20-15)10-14(18)12-5-1-2-6-12/h3-4,7-8,12,14H,1-2,5-6,9-10,18H2. The van der Waals surface area contributed by atoms with Gasteiger partial charge in [0, 0.05) is 18.9 Å². The maximum atomic E-state index is 13.1. The van der Waals surface area contributed by atoms with E-state index in [-0.39, 0.29) is 11.9 Å². The molecule has 4 nitrogen and oxygen atoms in total. The second kappa shape index (κ2) is 6.35. The molecule has 1 aliphatic carbocycles. The van der Waals surface area contributed by atoms with Crippen LogP contribution >= 0.6 is 0 Å². The van der Waals surface area contributed by atoms with Gasteiger partial charge in [-0.1, -0.05) is 30.1 Å². The molecule has 1 aromatic carbocycles. The summed E-state index contributed by atoms with van der Waals surface area (Å²) in [4.78, 5) is 4.37. The van der Waals surface area contributed by atoms with Gasteiger partial charge in [-0.05, 0) is 36.5 Å². The number of aromatic nitrogens is 2. The molecule has 0 bridgehead atoms. The number of nitrogens with zero attached hydrogens (tertiary/aromatic N) is 2. The van der Waals surface area contributed by atoms with E-state index in [9.17, 15) is 4.39 Å². The Labute approximate surface area is 123 Å². The predicted molar refractivity (Wildman–Crippen MR) is 77.1 cm³/mol. The lowest BCUT2D eigenvalue weighted by Gasteiger charge is -2.16. The first-order valence-electron chi connectivity index (χ1n) is 7.52. The molecule has 2 N–H and O–H groups in total. The third-order valence-corrected chi connectivity index (χ3v) is 4.18. The molecule has 0 saturated heterocycles. The minimum absolute atomic E-state index is 0.0926. The van der Waals surface area contributed by atoms with E-state index < -0.39 is 0 Å². The smallest absolute Gasteiger partial charge is 0.228 e. The fourth-order valence-corrected chi connectivity index (χ4v) is 3.03. The Balaban J connectivity index is 1.60. The summed E-state index contributed by atoms with van der Waals surface area (Å²) in [6, 6.07) is 6.53. The molecule has 1 aliphatic rings. The molecule has 0 spiro atoms. The van der Waals surface area contributed by atoms with E-state index in [1.807, 2.05) is 6.07 Å². The van der Waals surface area contributed by atoms with Gasteiger partial charge in [-0.3, -0.25) is 0 Å². The van der Waals surface area contributed by atoms with E-state index in [1.54, 1.807) is 6.07 Å². The van der Waals surface area contributed by atoms with Crippen LogP contribution in [0, 0.1) is 11.7 Å². The number of benzene rings is 1. The highest BCUT2D eigenvalue weighted by Gasteiger charge is 2.24. The molecule has 112 valence electrons. The zero-order valence-electron chi connectivity index (χ0n) is 12.0. The molecule has 1 saturated carbocycles. The Morgan fingerprint density at radius 3 is 2.90 bits per heavy atom. The Morgan fingerprint density at radius 2 is 2.14 bits per heavy atom. The molecule has 1 unspecified atom stereocenters. The van der Waals surface area contributed by atoms with Crippen LogP contribution in [0.5, 0.6) is 0 Å². The summed E-state index contributed by atoms with van der Waals surface area (Å²) < 4.78 is 18.4. The molecule has 21 heavy (non-hydrogen) atoms. The van der Waals surface area contributed by atoms with Gasteiger partial charge in [-0.25, -0.2) is 4.39 Å². The van der Waals surface area contributed by atoms with Gasteiger partial charge in [0.15, 0.2) is 5.82 Å². The lowest BCUT2D eigenvalue weighted by atomic mass is 9.96. The predicted octanol–water partition coefficient (Wildman–Crippen LogP) is 2.86.